The maximum absolute atomic E-state index is 5.82. The highest BCUT2D eigenvalue weighted by Gasteiger charge is 2.10. The van der Waals surface area contributed by atoms with Crippen molar-refractivity contribution in [2.24, 2.45) is 0 Å². The average molecular weight is 246 g/mol. The normalized spacial score (nSPS) is 12.4. The molecule has 0 aliphatic rings. The Balaban J connectivity index is 2.09. The van der Waals surface area contributed by atoms with E-state index in [0.29, 0.717) is 11.6 Å². The fraction of sp³-hybridized carbons (Fsp3) is 0.417. The molecular weight excluding hydrogens is 228 g/mol. The minimum absolute atomic E-state index is 0.206. The molecule has 96 valence electrons. The number of hydrogen-bond donors (Lipinski definition) is 2. The molecule has 1 atom stereocenters. The van der Waals surface area contributed by atoms with E-state index in [-0.39, 0.29) is 6.04 Å². The van der Waals surface area contributed by atoms with Crippen LogP contribution >= 0.6 is 0 Å². The zero-order valence-electron chi connectivity index (χ0n) is 10.9. The molecule has 1 unspecified atom stereocenters. The largest absolute Gasteiger partial charge is 0.383 e. The lowest BCUT2D eigenvalue weighted by Gasteiger charge is -2.17. The van der Waals surface area contributed by atoms with Crippen molar-refractivity contribution in [1.82, 2.24) is 19.7 Å². The molecular formula is C12H18N6. The number of aryl methyl sites for hydroxylation is 1. The average Bonchev–Trinajstić information content (AvgIpc) is 2.77. The summed E-state index contributed by atoms with van der Waals surface area (Å²) in [5.41, 5.74) is 6.71. The molecule has 18 heavy (non-hydrogen) atoms. The third-order valence-electron chi connectivity index (χ3n) is 2.70. The first-order valence-corrected chi connectivity index (χ1v) is 5.91. The molecule has 6 nitrogen and oxygen atoms in total. The number of nitrogen functional groups attached to an aromatic ring is 1. The summed E-state index contributed by atoms with van der Waals surface area (Å²) < 4.78 is 1.88. The van der Waals surface area contributed by atoms with E-state index in [1.54, 1.807) is 6.20 Å². The Bertz CT molecular complexity index is 520. The number of nitrogens with two attached hydrogens (primary N) is 1. The van der Waals surface area contributed by atoms with Gasteiger partial charge in [-0.15, -0.1) is 0 Å². The van der Waals surface area contributed by atoms with Crippen molar-refractivity contribution >= 4 is 11.6 Å². The van der Waals surface area contributed by atoms with Crippen molar-refractivity contribution in [2.75, 3.05) is 11.1 Å². The van der Waals surface area contributed by atoms with Gasteiger partial charge in [-0.1, -0.05) is 0 Å². The van der Waals surface area contributed by atoms with E-state index in [1.165, 1.54) is 0 Å². The number of rotatable bonds is 4. The van der Waals surface area contributed by atoms with Gasteiger partial charge in [0.15, 0.2) is 0 Å². The highest BCUT2D eigenvalue weighted by molar-refractivity contribution is 5.55. The van der Waals surface area contributed by atoms with Crippen LogP contribution in [0.15, 0.2) is 18.5 Å². The van der Waals surface area contributed by atoms with E-state index in [0.717, 1.165) is 17.9 Å². The third kappa shape index (κ3) is 2.77. The Morgan fingerprint density at radius 2 is 2.17 bits per heavy atom. The van der Waals surface area contributed by atoms with E-state index < -0.39 is 0 Å². The maximum Gasteiger partial charge on any atom is 0.135 e. The van der Waals surface area contributed by atoms with Crippen LogP contribution in [0.25, 0.3) is 0 Å². The zero-order valence-corrected chi connectivity index (χ0v) is 10.9. The smallest absolute Gasteiger partial charge is 0.135 e. The first-order valence-electron chi connectivity index (χ1n) is 5.91. The SMILES string of the molecule is Cc1nc(N)c(C)c(NC(C)Cn2cccn2)n1. The zero-order chi connectivity index (χ0) is 13.1. The van der Waals surface area contributed by atoms with Crippen molar-refractivity contribution in [3.05, 3.63) is 29.8 Å². The molecule has 0 fully saturated rings. The van der Waals surface area contributed by atoms with Crippen molar-refractivity contribution < 1.29 is 0 Å². The predicted octanol–water partition coefficient (Wildman–Crippen LogP) is 1.37. The summed E-state index contributed by atoms with van der Waals surface area (Å²) in [5, 5.41) is 7.51. The molecule has 0 aliphatic heterocycles. The van der Waals surface area contributed by atoms with Gasteiger partial charge in [0, 0.05) is 24.0 Å². The highest BCUT2D eigenvalue weighted by atomic mass is 15.3. The van der Waals surface area contributed by atoms with Crippen molar-refractivity contribution in [2.45, 2.75) is 33.4 Å². The van der Waals surface area contributed by atoms with Crippen LogP contribution in [0.1, 0.15) is 18.3 Å². The van der Waals surface area contributed by atoms with Gasteiger partial charge in [-0.25, -0.2) is 9.97 Å². The first kappa shape index (κ1) is 12.3. The molecule has 0 amide bonds. The van der Waals surface area contributed by atoms with Crippen molar-refractivity contribution in [3.8, 4) is 0 Å². The van der Waals surface area contributed by atoms with Crippen LogP contribution in [0.4, 0.5) is 11.6 Å². The molecule has 0 saturated heterocycles. The minimum atomic E-state index is 0.206. The lowest BCUT2D eigenvalue weighted by atomic mass is 10.2. The van der Waals surface area contributed by atoms with Crippen LogP contribution in [-0.4, -0.2) is 25.8 Å². The molecule has 2 aromatic rings. The fourth-order valence-electron chi connectivity index (χ4n) is 1.76. The van der Waals surface area contributed by atoms with Crippen LogP contribution in [-0.2, 0) is 6.54 Å². The van der Waals surface area contributed by atoms with Gasteiger partial charge >= 0.3 is 0 Å². The molecule has 2 heterocycles. The lowest BCUT2D eigenvalue weighted by Crippen LogP contribution is -2.24. The van der Waals surface area contributed by atoms with Gasteiger partial charge in [-0.3, -0.25) is 4.68 Å². The molecule has 0 aromatic carbocycles. The van der Waals surface area contributed by atoms with Crippen LogP contribution in [0.5, 0.6) is 0 Å². The minimum Gasteiger partial charge on any atom is -0.383 e. The maximum atomic E-state index is 5.82. The topological polar surface area (TPSA) is 81.6 Å². The number of nitrogens with one attached hydrogen (secondary N) is 1. The molecule has 0 spiro atoms. The third-order valence-corrected chi connectivity index (χ3v) is 2.70. The van der Waals surface area contributed by atoms with Gasteiger partial charge in [-0.05, 0) is 26.8 Å². The molecule has 6 heteroatoms. The van der Waals surface area contributed by atoms with Crippen molar-refractivity contribution in [3.63, 3.8) is 0 Å². The van der Waals surface area contributed by atoms with Gasteiger partial charge < -0.3 is 11.1 Å². The fourth-order valence-corrected chi connectivity index (χ4v) is 1.76. The molecule has 0 bridgehead atoms. The molecule has 2 rings (SSSR count). The van der Waals surface area contributed by atoms with Gasteiger partial charge in [0.05, 0.1) is 6.54 Å². The summed E-state index contributed by atoms with van der Waals surface area (Å²) in [6.45, 7) is 6.60. The summed E-state index contributed by atoms with van der Waals surface area (Å²) in [5.74, 6) is 1.99. The second-order valence-corrected chi connectivity index (χ2v) is 4.40. The van der Waals surface area contributed by atoms with Crippen LogP contribution in [0.3, 0.4) is 0 Å². The summed E-state index contributed by atoms with van der Waals surface area (Å²) in [4.78, 5) is 8.50. The summed E-state index contributed by atoms with van der Waals surface area (Å²) in [6, 6.07) is 2.11. The Kier molecular flexibility index (Phi) is 3.45. The Labute approximate surface area is 106 Å². The van der Waals surface area contributed by atoms with E-state index in [1.807, 2.05) is 30.8 Å². The Morgan fingerprint density at radius 1 is 1.39 bits per heavy atom. The number of aromatic nitrogens is 4. The summed E-state index contributed by atoms with van der Waals surface area (Å²) in [7, 11) is 0. The quantitative estimate of drug-likeness (QED) is 0.851. The molecule has 2 aromatic heterocycles. The molecule has 0 radical (unpaired) electrons. The number of anilines is 2. The standard InChI is InChI=1S/C12H18N6/c1-8(7-18-6-4-5-14-18)15-12-9(2)11(13)16-10(3)17-12/h4-6,8H,7H2,1-3H3,(H3,13,15,16,17). The van der Waals surface area contributed by atoms with E-state index >= 15 is 0 Å². The second-order valence-electron chi connectivity index (χ2n) is 4.40. The van der Waals surface area contributed by atoms with Gasteiger partial charge in [-0.2, -0.15) is 5.10 Å². The van der Waals surface area contributed by atoms with Gasteiger partial charge in [0.25, 0.3) is 0 Å². The van der Waals surface area contributed by atoms with E-state index in [2.05, 4.69) is 27.3 Å². The van der Waals surface area contributed by atoms with Crippen LogP contribution < -0.4 is 11.1 Å². The van der Waals surface area contributed by atoms with Crippen molar-refractivity contribution in [1.29, 1.82) is 0 Å². The summed E-state index contributed by atoms with van der Waals surface area (Å²) in [6.07, 6.45) is 3.70. The molecule has 0 aliphatic carbocycles. The Morgan fingerprint density at radius 3 is 2.83 bits per heavy atom. The molecule has 3 N–H and O–H groups in total. The van der Waals surface area contributed by atoms with Gasteiger partial charge in [0.2, 0.25) is 0 Å². The van der Waals surface area contributed by atoms with E-state index in [4.69, 9.17) is 5.73 Å². The number of hydrogen-bond acceptors (Lipinski definition) is 5. The van der Waals surface area contributed by atoms with Crippen LogP contribution in [0.2, 0.25) is 0 Å². The highest BCUT2D eigenvalue weighted by Crippen LogP contribution is 2.17. The van der Waals surface area contributed by atoms with Crippen LogP contribution in [0, 0.1) is 13.8 Å². The number of nitrogens with zero attached hydrogens (tertiary/aromatic N) is 4. The lowest BCUT2D eigenvalue weighted by molar-refractivity contribution is 0.559. The Hall–Kier alpha value is -2.11. The first-order chi connectivity index (χ1) is 8.56. The second kappa shape index (κ2) is 5.03. The predicted molar refractivity (Wildman–Crippen MR) is 71.2 cm³/mol. The van der Waals surface area contributed by atoms with Gasteiger partial charge in [0.1, 0.15) is 17.5 Å². The monoisotopic (exact) mass is 246 g/mol. The molecule has 0 saturated carbocycles. The van der Waals surface area contributed by atoms with E-state index in [9.17, 15) is 0 Å². The summed E-state index contributed by atoms with van der Waals surface area (Å²) >= 11 is 0.